The number of nitro groups is 1. The summed E-state index contributed by atoms with van der Waals surface area (Å²) in [6.07, 6.45) is 4.57. The molecule has 0 aliphatic rings. The van der Waals surface area contributed by atoms with E-state index in [1.54, 1.807) is 12.4 Å². The molecule has 0 bridgehead atoms. The van der Waals surface area contributed by atoms with Crippen LogP contribution in [0.1, 0.15) is 12.5 Å². The normalized spacial score (nSPS) is 10.3. The molecule has 20 heavy (non-hydrogen) atoms. The molecule has 2 heterocycles. The monoisotopic (exact) mass is 292 g/mol. The maximum atomic E-state index is 11.2. The van der Waals surface area contributed by atoms with E-state index in [4.69, 9.17) is 0 Å². The molecule has 8 nitrogen and oxygen atoms in total. The van der Waals surface area contributed by atoms with Crippen LogP contribution in [0.3, 0.4) is 0 Å². The van der Waals surface area contributed by atoms with Gasteiger partial charge in [0.25, 0.3) is 0 Å². The van der Waals surface area contributed by atoms with Crippen LogP contribution in [0.25, 0.3) is 0 Å². The van der Waals surface area contributed by atoms with Crippen molar-refractivity contribution in [2.24, 2.45) is 0 Å². The molecule has 0 spiro atoms. The third kappa shape index (κ3) is 3.18. The summed E-state index contributed by atoms with van der Waals surface area (Å²) in [6.45, 7) is 4.23. The zero-order chi connectivity index (χ0) is 14.5. The lowest BCUT2D eigenvalue weighted by Crippen LogP contribution is -2.05. The van der Waals surface area contributed by atoms with Gasteiger partial charge in [0.15, 0.2) is 10.2 Å². The first-order valence-electron chi connectivity index (χ1n) is 5.81. The van der Waals surface area contributed by atoms with Gasteiger partial charge >= 0.3 is 5.69 Å². The quantitative estimate of drug-likeness (QED) is 0.386. The Labute approximate surface area is 119 Å². The van der Waals surface area contributed by atoms with Crippen molar-refractivity contribution in [3.05, 3.63) is 34.4 Å². The molecule has 9 heteroatoms. The van der Waals surface area contributed by atoms with Crippen molar-refractivity contribution in [3.63, 3.8) is 0 Å². The van der Waals surface area contributed by atoms with Crippen molar-refractivity contribution in [2.75, 3.05) is 11.9 Å². The predicted octanol–water partition coefficient (Wildman–Crippen LogP) is 2.07. The van der Waals surface area contributed by atoms with Crippen LogP contribution >= 0.6 is 11.8 Å². The van der Waals surface area contributed by atoms with E-state index in [-0.39, 0.29) is 16.5 Å². The van der Waals surface area contributed by atoms with Gasteiger partial charge in [0.2, 0.25) is 5.82 Å². The fourth-order valence-corrected chi connectivity index (χ4v) is 2.17. The molecule has 2 aromatic rings. The van der Waals surface area contributed by atoms with Gasteiger partial charge in [0.05, 0.1) is 4.92 Å². The lowest BCUT2D eigenvalue weighted by Gasteiger charge is -2.05. The average Bonchev–Trinajstić information content (AvgIpc) is 2.41. The summed E-state index contributed by atoms with van der Waals surface area (Å²) in [7, 11) is 0. The van der Waals surface area contributed by atoms with Gasteiger partial charge in [-0.25, -0.2) is 19.9 Å². The number of nitrogens with zero attached hydrogens (tertiary/aromatic N) is 5. The second-order valence-electron chi connectivity index (χ2n) is 3.81. The van der Waals surface area contributed by atoms with Gasteiger partial charge in [0.1, 0.15) is 6.33 Å². The molecule has 104 valence electrons. The highest BCUT2D eigenvalue weighted by Crippen LogP contribution is 2.34. The maximum Gasteiger partial charge on any atom is 0.343 e. The third-order valence-electron chi connectivity index (χ3n) is 2.26. The molecule has 0 saturated carbocycles. The molecule has 1 N–H and O–H groups in total. The van der Waals surface area contributed by atoms with E-state index in [0.717, 1.165) is 17.3 Å². The van der Waals surface area contributed by atoms with E-state index < -0.39 is 4.92 Å². The molecule has 0 aliphatic carbocycles. The number of hydrogen-bond donors (Lipinski definition) is 1. The summed E-state index contributed by atoms with van der Waals surface area (Å²) in [4.78, 5) is 26.7. The number of rotatable bonds is 5. The van der Waals surface area contributed by atoms with E-state index in [9.17, 15) is 10.1 Å². The van der Waals surface area contributed by atoms with Gasteiger partial charge in [-0.1, -0.05) is 0 Å². The van der Waals surface area contributed by atoms with Crippen LogP contribution in [0.5, 0.6) is 0 Å². The van der Waals surface area contributed by atoms with Crippen LogP contribution < -0.4 is 5.32 Å². The van der Waals surface area contributed by atoms with E-state index in [2.05, 4.69) is 25.3 Å². The molecule has 0 aliphatic heterocycles. The van der Waals surface area contributed by atoms with Crippen molar-refractivity contribution in [1.82, 2.24) is 19.9 Å². The lowest BCUT2D eigenvalue weighted by molar-refractivity contribution is -0.387. The second-order valence-corrected chi connectivity index (χ2v) is 4.76. The molecular formula is C11H12N6O2S. The van der Waals surface area contributed by atoms with Crippen LogP contribution in [0.15, 0.2) is 28.9 Å². The Morgan fingerprint density at radius 3 is 2.60 bits per heavy atom. The Hall–Kier alpha value is -2.29. The summed E-state index contributed by atoms with van der Waals surface area (Å²) in [5, 5.41) is 14.7. The number of aryl methyl sites for hydroxylation is 1. The van der Waals surface area contributed by atoms with Gasteiger partial charge in [-0.2, -0.15) is 0 Å². The highest BCUT2D eigenvalue weighted by molar-refractivity contribution is 7.99. The van der Waals surface area contributed by atoms with E-state index in [1.807, 2.05) is 13.8 Å². The first kappa shape index (κ1) is 14.1. The fourth-order valence-electron chi connectivity index (χ4n) is 1.42. The Kier molecular flexibility index (Phi) is 4.41. The Morgan fingerprint density at radius 2 is 2.00 bits per heavy atom. The van der Waals surface area contributed by atoms with E-state index in [1.165, 1.54) is 6.33 Å². The van der Waals surface area contributed by atoms with Crippen molar-refractivity contribution in [2.45, 2.75) is 24.0 Å². The molecule has 2 aromatic heterocycles. The molecular weight excluding hydrogens is 280 g/mol. The molecule has 0 aromatic carbocycles. The summed E-state index contributed by atoms with van der Waals surface area (Å²) in [6, 6.07) is 0. The van der Waals surface area contributed by atoms with E-state index in [0.29, 0.717) is 11.7 Å². The lowest BCUT2D eigenvalue weighted by atomic mass is 10.4. The van der Waals surface area contributed by atoms with Crippen molar-refractivity contribution >= 4 is 23.3 Å². The van der Waals surface area contributed by atoms with Gasteiger partial charge < -0.3 is 5.32 Å². The highest BCUT2D eigenvalue weighted by Gasteiger charge is 2.23. The summed E-state index contributed by atoms with van der Waals surface area (Å²) in [5.74, 6) is 0.196. The zero-order valence-electron chi connectivity index (χ0n) is 10.9. The van der Waals surface area contributed by atoms with Crippen LogP contribution in [0.2, 0.25) is 0 Å². The smallest absolute Gasteiger partial charge is 0.343 e. The van der Waals surface area contributed by atoms with Gasteiger partial charge in [-0.15, -0.1) is 0 Å². The minimum atomic E-state index is -0.505. The first-order valence-corrected chi connectivity index (χ1v) is 6.63. The number of nitrogens with one attached hydrogen (secondary N) is 1. The molecule has 0 atom stereocenters. The first-order chi connectivity index (χ1) is 9.61. The minimum absolute atomic E-state index is 0.163. The van der Waals surface area contributed by atoms with E-state index >= 15 is 0 Å². The van der Waals surface area contributed by atoms with Gasteiger partial charge in [0, 0.05) is 18.9 Å². The average molecular weight is 292 g/mol. The van der Waals surface area contributed by atoms with Gasteiger partial charge in [-0.05, 0) is 31.2 Å². The Morgan fingerprint density at radius 1 is 1.30 bits per heavy atom. The number of aromatic nitrogens is 4. The molecule has 0 fully saturated rings. The van der Waals surface area contributed by atoms with Crippen LogP contribution in [0, 0.1) is 17.0 Å². The fraction of sp³-hybridized carbons (Fsp3) is 0.273. The summed E-state index contributed by atoms with van der Waals surface area (Å²) < 4.78 is 0. The molecule has 0 unspecified atom stereocenters. The van der Waals surface area contributed by atoms with Crippen molar-refractivity contribution in [1.29, 1.82) is 0 Å². The zero-order valence-corrected chi connectivity index (χ0v) is 11.7. The maximum absolute atomic E-state index is 11.2. The Bertz CT molecular complexity index is 619. The summed E-state index contributed by atoms with van der Waals surface area (Å²) >= 11 is 1.04. The molecule has 0 amide bonds. The summed E-state index contributed by atoms with van der Waals surface area (Å²) in [5.41, 5.74) is 0.753. The number of hydrogen-bond acceptors (Lipinski definition) is 8. The highest BCUT2D eigenvalue weighted by atomic mass is 32.2. The van der Waals surface area contributed by atoms with Crippen LogP contribution in [0.4, 0.5) is 11.5 Å². The third-order valence-corrected chi connectivity index (χ3v) is 3.15. The Balaban J connectivity index is 2.37. The largest absolute Gasteiger partial charge is 0.364 e. The molecule has 2 rings (SSSR count). The van der Waals surface area contributed by atoms with Crippen LogP contribution in [-0.2, 0) is 0 Å². The second kappa shape index (κ2) is 6.24. The topological polar surface area (TPSA) is 107 Å². The standard InChI is InChI=1S/C11H12N6O2S/c1-3-12-9-8(17(18)19)10(16-6-15-9)20-11-13-4-7(2)5-14-11/h4-6H,3H2,1-2H3,(H,12,15,16). The van der Waals surface area contributed by atoms with Crippen molar-refractivity contribution < 1.29 is 4.92 Å². The minimum Gasteiger partial charge on any atom is -0.364 e. The predicted molar refractivity (Wildman–Crippen MR) is 73.7 cm³/mol. The van der Waals surface area contributed by atoms with Gasteiger partial charge in [-0.3, -0.25) is 10.1 Å². The SMILES string of the molecule is CCNc1ncnc(Sc2ncc(C)cn2)c1[N+](=O)[O-]. The van der Waals surface area contributed by atoms with Crippen molar-refractivity contribution in [3.8, 4) is 0 Å². The molecule has 0 saturated heterocycles. The van der Waals surface area contributed by atoms with Crippen LogP contribution in [-0.4, -0.2) is 31.4 Å². The molecule has 0 radical (unpaired) electrons. The number of anilines is 1.